The first kappa shape index (κ1) is 20.4. The van der Waals surface area contributed by atoms with Crippen LogP contribution < -0.4 is 0 Å². The van der Waals surface area contributed by atoms with E-state index in [0.29, 0.717) is 58.3 Å². The zero-order valence-electron chi connectivity index (χ0n) is 16.4. The van der Waals surface area contributed by atoms with Gasteiger partial charge in [-0.1, -0.05) is 30.3 Å². The first-order chi connectivity index (χ1) is 13.5. The Kier molecular flexibility index (Phi) is 7.06. The Hall–Kier alpha value is -2.37. The Morgan fingerprint density at radius 1 is 0.857 bits per heavy atom. The summed E-state index contributed by atoms with van der Waals surface area (Å²) in [5.74, 6) is -0.810. The number of hydrogen-bond donors (Lipinski definition) is 1. The number of aliphatic carboxylic acids is 1. The van der Waals surface area contributed by atoms with Gasteiger partial charge in [0.2, 0.25) is 11.8 Å². The summed E-state index contributed by atoms with van der Waals surface area (Å²) in [4.78, 5) is 40.3. The van der Waals surface area contributed by atoms with E-state index in [1.807, 2.05) is 40.1 Å². The lowest BCUT2D eigenvalue weighted by Crippen LogP contribution is -2.41. The van der Waals surface area contributed by atoms with Gasteiger partial charge in [0.25, 0.3) is 0 Å². The summed E-state index contributed by atoms with van der Waals surface area (Å²) in [5, 5.41) is 9.11. The van der Waals surface area contributed by atoms with Crippen molar-refractivity contribution in [1.82, 2.24) is 9.80 Å². The van der Waals surface area contributed by atoms with Gasteiger partial charge in [0.05, 0.1) is 5.92 Å². The Labute approximate surface area is 166 Å². The zero-order chi connectivity index (χ0) is 19.9. The minimum atomic E-state index is -0.745. The molecule has 1 aliphatic heterocycles. The molecule has 0 aromatic heterocycles. The van der Waals surface area contributed by atoms with Crippen molar-refractivity contribution in [2.45, 2.75) is 44.9 Å². The highest BCUT2D eigenvalue weighted by Gasteiger charge is 2.32. The van der Waals surface area contributed by atoms with Crippen molar-refractivity contribution in [3.05, 3.63) is 35.9 Å². The normalized spacial score (nSPS) is 23.1. The van der Waals surface area contributed by atoms with Crippen LogP contribution in [-0.4, -0.2) is 58.9 Å². The van der Waals surface area contributed by atoms with Gasteiger partial charge in [-0.2, -0.15) is 0 Å². The smallest absolute Gasteiger partial charge is 0.306 e. The summed E-state index contributed by atoms with van der Waals surface area (Å²) in [6.07, 6.45) is 4.53. The molecule has 1 aliphatic carbocycles. The standard InChI is InChI=1S/C22H30N2O4/c25-20(12-7-17-5-2-1-3-6-17)23-13-4-14-24(16-15-23)21(26)18-8-10-19(11-9-18)22(27)28/h1-3,5-6,18-19H,4,7-16H2,(H,27,28). The molecule has 0 radical (unpaired) electrons. The molecule has 0 spiro atoms. The lowest BCUT2D eigenvalue weighted by atomic mass is 9.81. The maximum absolute atomic E-state index is 12.8. The van der Waals surface area contributed by atoms with E-state index in [0.717, 1.165) is 12.8 Å². The van der Waals surface area contributed by atoms with E-state index in [2.05, 4.69) is 0 Å². The highest BCUT2D eigenvalue weighted by atomic mass is 16.4. The summed E-state index contributed by atoms with van der Waals surface area (Å²) in [5.41, 5.74) is 1.17. The average molecular weight is 386 g/mol. The fourth-order valence-corrected chi connectivity index (χ4v) is 4.29. The molecule has 1 heterocycles. The zero-order valence-corrected chi connectivity index (χ0v) is 16.4. The van der Waals surface area contributed by atoms with Crippen LogP contribution >= 0.6 is 0 Å². The molecule has 6 heteroatoms. The number of hydrogen-bond acceptors (Lipinski definition) is 3. The van der Waals surface area contributed by atoms with E-state index >= 15 is 0 Å². The SMILES string of the molecule is O=C(O)C1CCC(C(=O)N2CCCN(C(=O)CCc3ccccc3)CC2)CC1. The summed E-state index contributed by atoms with van der Waals surface area (Å²) in [6.45, 7) is 2.54. The number of carboxylic acid groups (broad SMARTS) is 1. The largest absolute Gasteiger partial charge is 0.481 e. The maximum atomic E-state index is 12.8. The highest BCUT2D eigenvalue weighted by molar-refractivity contribution is 5.80. The number of benzene rings is 1. The summed E-state index contributed by atoms with van der Waals surface area (Å²) in [6, 6.07) is 10.0. The summed E-state index contributed by atoms with van der Waals surface area (Å²) >= 11 is 0. The monoisotopic (exact) mass is 386 g/mol. The quantitative estimate of drug-likeness (QED) is 0.844. The van der Waals surface area contributed by atoms with Crippen molar-refractivity contribution in [2.24, 2.45) is 11.8 Å². The average Bonchev–Trinajstić information content (AvgIpc) is 2.98. The number of carbonyl (C=O) groups excluding carboxylic acids is 2. The van der Waals surface area contributed by atoms with E-state index in [4.69, 9.17) is 5.11 Å². The van der Waals surface area contributed by atoms with Crippen molar-refractivity contribution in [1.29, 1.82) is 0 Å². The fourth-order valence-electron chi connectivity index (χ4n) is 4.29. The molecule has 0 unspecified atom stereocenters. The van der Waals surface area contributed by atoms with Crippen molar-refractivity contribution in [3.8, 4) is 0 Å². The highest BCUT2D eigenvalue weighted by Crippen LogP contribution is 2.30. The van der Waals surface area contributed by atoms with Crippen LogP contribution in [0.4, 0.5) is 0 Å². The molecular weight excluding hydrogens is 356 g/mol. The minimum Gasteiger partial charge on any atom is -0.481 e. The van der Waals surface area contributed by atoms with E-state index in [-0.39, 0.29) is 23.7 Å². The summed E-state index contributed by atoms with van der Waals surface area (Å²) < 4.78 is 0. The Bertz CT molecular complexity index is 683. The van der Waals surface area contributed by atoms with Crippen LogP contribution in [0, 0.1) is 11.8 Å². The molecule has 1 aromatic rings. The predicted octanol–water partition coefficient (Wildman–Crippen LogP) is 2.57. The van der Waals surface area contributed by atoms with Crippen LogP contribution in [0.2, 0.25) is 0 Å². The minimum absolute atomic E-state index is 0.0593. The predicted molar refractivity (Wildman–Crippen MR) is 106 cm³/mol. The van der Waals surface area contributed by atoms with Gasteiger partial charge in [-0.3, -0.25) is 14.4 Å². The third-order valence-electron chi connectivity index (χ3n) is 6.06. The van der Waals surface area contributed by atoms with Crippen LogP contribution in [0.1, 0.15) is 44.1 Å². The molecule has 2 fully saturated rings. The van der Waals surface area contributed by atoms with Gasteiger partial charge in [-0.15, -0.1) is 0 Å². The number of carboxylic acids is 1. The van der Waals surface area contributed by atoms with Gasteiger partial charge >= 0.3 is 5.97 Å². The van der Waals surface area contributed by atoms with Gasteiger partial charge in [-0.25, -0.2) is 0 Å². The molecule has 152 valence electrons. The topological polar surface area (TPSA) is 77.9 Å². The number of aryl methyl sites for hydroxylation is 1. The van der Waals surface area contributed by atoms with Crippen LogP contribution in [-0.2, 0) is 20.8 Å². The molecule has 3 rings (SSSR count). The number of amides is 2. The molecule has 1 N–H and O–H groups in total. The van der Waals surface area contributed by atoms with Crippen LogP contribution in [0.15, 0.2) is 30.3 Å². The van der Waals surface area contributed by atoms with Crippen LogP contribution in [0.3, 0.4) is 0 Å². The lowest BCUT2D eigenvalue weighted by Gasteiger charge is -2.30. The molecular formula is C22H30N2O4. The maximum Gasteiger partial charge on any atom is 0.306 e. The van der Waals surface area contributed by atoms with E-state index < -0.39 is 5.97 Å². The molecule has 1 saturated heterocycles. The van der Waals surface area contributed by atoms with Gasteiger partial charge in [0, 0.05) is 38.5 Å². The molecule has 0 bridgehead atoms. The number of carbonyl (C=O) groups is 3. The fraction of sp³-hybridized carbons (Fsp3) is 0.591. The van der Waals surface area contributed by atoms with Gasteiger partial charge in [0.15, 0.2) is 0 Å². The number of nitrogens with zero attached hydrogens (tertiary/aromatic N) is 2. The Morgan fingerprint density at radius 2 is 1.46 bits per heavy atom. The van der Waals surface area contributed by atoms with Gasteiger partial charge < -0.3 is 14.9 Å². The second-order valence-electron chi connectivity index (χ2n) is 7.93. The third kappa shape index (κ3) is 5.33. The molecule has 28 heavy (non-hydrogen) atoms. The molecule has 1 saturated carbocycles. The van der Waals surface area contributed by atoms with Crippen LogP contribution in [0.5, 0.6) is 0 Å². The Morgan fingerprint density at radius 3 is 2.14 bits per heavy atom. The van der Waals surface area contributed by atoms with E-state index in [9.17, 15) is 14.4 Å². The van der Waals surface area contributed by atoms with Crippen LogP contribution in [0.25, 0.3) is 0 Å². The molecule has 1 aromatic carbocycles. The van der Waals surface area contributed by atoms with Crippen molar-refractivity contribution >= 4 is 17.8 Å². The Balaban J connectivity index is 1.45. The van der Waals surface area contributed by atoms with E-state index in [1.165, 1.54) is 5.56 Å². The second kappa shape index (κ2) is 9.71. The van der Waals surface area contributed by atoms with Crippen molar-refractivity contribution in [3.63, 3.8) is 0 Å². The van der Waals surface area contributed by atoms with E-state index in [1.54, 1.807) is 0 Å². The molecule has 2 amide bonds. The summed E-state index contributed by atoms with van der Waals surface area (Å²) in [7, 11) is 0. The van der Waals surface area contributed by atoms with Crippen molar-refractivity contribution in [2.75, 3.05) is 26.2 Å². The van der Waals surface area contributed by atoms with Gasteiger partial charge in [-0.05, 0) is 44.1 Å². The van der Waals surface area contributed by atoms with Gasteiger partial charge in [0.1, 0.15) is 0 Å². The molecule has 6 nitrogen and oxygen atoms in total. The third-order valence-corrected chi connectivity index (χ3v) is 6.06. The first-order valence-corrected chi connectivity index (χ1v) is 10.4. The molecule has 0 atom stereocenters. The number of rotatable bonds is 5. The van der Waals surface area contributed by atoms with Crippen molar-refractivity contribution < 1.29 is 19.5 Å². The first-order valence-electron chi connectivity index (χ1n) is 10.4. The molecule has 2 aliphatic rings. The second-order valence-corrected chi connectivity index (χ2v) is 7.93. The lowest BCUT2D eigenvalue weighted by molar-refractivity contribution is -0.145.